The van der Waals surface area contributed by atoms with Gasteiger partial charge < -0.3 is 5.32 Å². The third-order valence-electron chi connectivity index (χ3n) is 3.00. The zero-order valence-corrected chi connectivity index (χ0v) is 13.6. The molecule has 0 bridgehead atoms. The van der Waals surface area contributed by atoms with Crippen molar-refractivity contribution in [2.24, 2.45) is 0 Å². The molecule has 0 fully saturated rings. The maximum absolute atomic E-state index is 13.4. The average Bonchev–Trinajstić information content (AvgIpc) is 2.40. The normalized spacial score (nSPS) is 11.1. The summed E-state index contributed by atoms with van der Waals surface area (Å²) in [4.78, 5) is 12.1. The molecular formula is C16H17FN2O3S. The van der Waals surface area contributed by atoms with Crippen LogP contribution in [0, 0.1) is 12.7 Å². The highest BCUT2D eigenvalue weighted by Crippen LogP contribution is 2.24. The Morgan fingerprint density at radius 1 is 1.13 bits per heavy atom. The van der Waals surface area contributed by atoms with Crippen molar-refractivity contribution < 1.29 is 17.6 Å². The molecule has 2 aromatic carbocycles. The summed E-state index contributed by atoms with van der Waals surface area (Å²) in [6.07, 6.45) is 1.09. The van der Waals surface area contributed by atoms with Gasteiger partial charge in [0.25, 0.3) is 0 Å². The van der Waals surface area contributed by atoms with Gasteiger partial charge in [0.1, 0.15) is 5.82 Å². The highest BCUT2D eigenvalue weighted by atomic mass is 32.2. The number of amides is 1. The van der Waals surface area contributed by atoms with Gasteiger partial charge in [-0.1, -0.05) is 29.8 Å². The first kappa shape index (κ1) is 17.0. The molecule has 0 unspecified atom stereocenters. The molecule has 1 amide bonds. The molecule has 0 saturated heterocycles. The lowest BCUT2D eigenvalue weighted by molar-refractivity contribution is -0.115. The minimum atomic E-state index is -3.54. The Hall–Kier alpha value is -2.41. The van der Waals surface area contributed by atoms with E-state index in [2.05, 4.69) is 10.0 Å². The molecule has 2 N–H and O–H groups in total. The van der Waals surface area contributed by atoms with Gasteiger partial charge in [0.05, 0.1) is 24.1 Å². The molecule has 7 heteroatoms. The van der Waals surface area contributed by atoms with E-state index in [-0.39, 0.29) is 23.7 Å². The van der Waals surface area contributed by atoms with Gasteiger partial charge in [-0.2, -0.15) is 0 Å². The van der Waals surface area contributed by atoms with E-state index in [0.717, 1.165) is 29.5 Å². The van der Waals surface area contributed by atoms with E-state index in [4.69, 9.17) is 0 Å². The molecule has 0 heterocycles. The fourth-order valence-electron chi connectivity index (χ4n) is 2.11. The minimum Gasteiger partial charge on any atom is -0.324 e. The predicted octanol–water partition coefficient (Wildman–Crippen LogP) is 2.69. The predicted molar refractivity (Wildman–Crippen MR) is 88.4 cm³/mol. The largest absolute Gasteiger partial charge is 0.324 e. The monoisotopic (exact) mass is 336 g/mol. The first-order valence-electron chi connectivity index (χ1n) is 6.86. The molecule has 122 valence electrons. The molecule has 23 heavy (non-hydrogen) atoms. The van der Waals surface area contributed by atoms with E-state index in [1.165, 1.54) is 6.07 Å². The van der Waals surface area contributed by atoms with Crippen molar-refractivity contribution >= 4 is 27.3 Å². The lowest BCUT2D eigenvalue weighted by Crippen LogP contribution is -2.17. The molecule has 0 saturated carbocycles. The lowest BCUT2D eigenvalue weighted by Gasteiger charge is -2.12. The zero-order chi connectivity index (χ0) is 17.0. The number of benzene rings is 2. The number of carbonyl (C=O) groups is 1. The Labute approximate surface area is 134 Å². The van der Waals surface area contributed by atoms with Crippen LogP contribution in [-0.4, -0.2) is 20.6 Å². The van der Waals surface area contributed by atoms with E-state index >= 15 is 0 Å². The van der Waals surface area contributed by atoms with E-state index in [1.807, 2.05) is 31.2 Å². The van der Waals surface area contributed by atoms with Gasteiger partial charge in [-0.25, -0.2) is 12.8 Å². The minimum absolute atomic E-state index is 0.0769. The third kappa shape index (κ3) is 5.37. The Morgan fingerprint density at radius 2 is 1.87 bits per heavy atom. The SMILES string of the molecule is Cc1cccc(CC(=O)Nc2cc(F)ccc2NS(C)(=O)=O)c1. The van der Waals surface area contributed by atoms with Crippen LogP contribution in [0.15, 0.2) is 42.5 Å². The van der Waals surface area contributed by atoms with E-state index in [0.29, 0.717) is 0 Å². The highest BCUT2D eigenvalue weighted by Gasteiger charge is 2.12. The number of hydrogen-bond acceptors (Lipinski definition) is 3. The summed E-state index contributed by atoms with van der Waals surface area (Å²) in [6.45, 7) is 1.92. The molecule has 2 aromatic rings. The van der Waals surface area contributed by atoms with Crippen LogP contribution < -0.4 is 10.0 Å². The van der Waals surface area contributed by atoms with Crippen molar-refractivity contribution in [1.82, 2.24) is 0 Å². The zero-order valence-electron chi connectivity index (χ0n) is 12.8. The average molecular weight is 336 g/mol. The fourth-order valence-corrected chi connectivity index (χ4v) is 2.69. The third-order valence-corrected chi connectivity index (χ3v) is 3.59. The molecule has 2 rings (SSSR count). The van der Waals surface area contributed by atoms with Gasteiger partial charge in [-0.3, -0.25) is 9.52 Å². The summed E-state index contributed by atoms with van der Waals surface area (Å²) in [7, 11) is -3.54. The Kier molecular flexibility index (Phi) is 5.00. The first-order valence-corrected chi connectivity index (χ1v) is 8.75. The summed E-state index contributed by atoms with van der Waals surface area (Å²) in [5.41, 5.74) is 2.04. The summed E-state index contributed by atoms with van der Waals surface area (Å²) < 4.78 is 38.3. The quantitative estimate of drug-likeness (QED) is 0.881. The van der Waals surface area contributed by atoms with Crippen molar-refractivity contribution in [3.63, 3.8) is 0 Å². The van der Waals surface area contributed by atoms with Crippen LogP contribution >= 0.6 is 0 Å². The van der Waals surface area contributed by atoms with Gasteiger partial charge in [-0.05, 0) is 30.7 Å². The van der Waals surface area contributed by atoms with E-state index in [1.54, 1.807) is 0 Å². The van der Waals surface area contributed by atoms with Gasteiger partial charge in [0, 0.05) is 0 Å². The second-order valence-electron chi connectivity index (χ2n) is 5.28. The number of anilines is 2. The van der Waals surface area contributed by atoms with Crippen molar-refractivity contribution in [2.75, 3.05) is 16.3 Å². The standard InChI is InChI=1S/C16H17FN2O3S/c1-11-4-3-5-12(8-11)9-16(20)18-15-10-13(17)6-7-14(15)19-23(2,21)22/h3-8,10,19H,9H2,1-2H3,(H,18,20). The van der Waals surface area contributed by atoms with Crippen LogP contribution in [0.1, 0.15) is 11.1 Å². The summed E-state index contributed by atoms with van der Waals surface area (Å²) >= 11 is 0. The van der Waals surface area contributed by atoms with Gasteiger partial charge in [-0.15, -0.1) is 0 Å². The van der Waals surface area contributed by atoms with Crippen molar-refractivity contribution in [2.45, 2.75) is 13.3 Å². The molecule has 0 radical (unpaired) electrons. The Balaban J connectivity index is 2.18. The maximum Gasteiger partial charge on any atom is 0.229 e. The van der Waals surface area contributed by atoms with Crippen LogP contribution in [-0.2, 0) is 21.2 Å². The van der Waals surface area contributed by atoms with Crippen LogP contribution in [0.2, 0.25) is 0 Å². The summed E-state index contributed by atoms with van der Waals surface area (Å²) in [6, 6.07) is 10.9. The van der Waals surface area contributed by atoms with Crippen LogP contribution in [0.3, 0.4) is 0 Å². The summed E-state index contributed by atoms with van der Waals surface area (Å²) in [5, 5.41) is 2.54. The van der Waals surface area contributed by atoms with Gasteiger partial charge in [0.15, 0.2) is 0 Å². The Morgan fingerprint density at radius 3 is 2.52 bits per heavy atom. The number of carbonyl (C=O) groups excluding carboxylic acids is 1. The molecule has 0 spiro atoms. The number of halogens is 1. The topological polar surface area (TPSA) is 75.3 Å². The second-order valence-corrected chi connectivity index (χ2v) is 7.03. The summed E-state index contributed by atoms with van der Waals surface area (Å²) in [5.74, 6) is -0.937. The second kappa shape index (κ2) is 6.78. The molecule has 0 atom stereocenters. The van der Waals surface area contributed by atoms with Gasteiger partial charge >= 0.3 is 0 Å². The maximum atomic E-state index is 13.4. The van der Waals surface area contributed by atoms with Crippen LogP contribution in [0.5, 0.6) is 0 Å². The molecule has 0 aliphatic carbocycles. The lowest BCUT2D eigenvalue weighted by atomic mass is 10.1. The smallest absolute Gasteiger partial charge is 0.229 e. The molecule has 0 aliphatic heterocycles. The van der Waals surface area contributed by atoms with Crippen LogP contribution in [0.25, 0.3) is 0 Å². The van der Waals surface area contributed by atoms with Crippen LogP contribution in [0.4, 0.5) is 15.8 Å². The number of rotatable bonds is 5. The molecule has 5 nitrogen and oxygen atoms in total. The van der Waals surface area contributed by atoms with Gasteiger partial charge in [0.2, 0.25) is 15.9 Å². The molecular weight excluding hydrogens is 319 g/mol. The fraction of sp³-hybridized carbons (Fsp3) is 0.188. The number of hydrogen-bond donors (Lipinski definition) is 2. The van der Waals surface area contributed by atoms with Crippen molar-refractivity contribution in [3.8, 4) is 0 Å². The first-order chi connectivity index (χ1) is 10.7. The Bertz CT molecular complexity index is 835. The number of nitrogens with one attached hydrogen (secondary N) is 2. The number of sulfonamides is 1. The van der Waals surface area contributed by atoms with Crippen molar-refractivity contribution in [1.29, 1.82) is 0 Å². The van der Waals surface area contributed by atoms with Crippen molar-refractivity contribution in [3.05, 3.63) is 59.4 Å². The van der Waals surface area contributed by atoms with E-state index in [9.17, 15) is 17.6 Å². The highest BCUT2D eigenvalue weighted by molar-refractivity contribution is 7.92. The molecule has 0 aromatic heterocycles. The van der Waals surface area contributed by atoms with E-state index < -0.39 is 15.8 Å². The number of aryl methyl sites for hydroxylation is 1. The molecule has 0 aliphatic rings.